The lowest BCUT2D eigenvalue weighted by Gasteiger charge is -2.32. The summed E-state index contributed by atoms with van der Waals surface area (Å²) in [5.41, 5.74) is 10.7. The molecule has 8 N–H and O–H groups in total. The number of nitrogens with two attached hydrogens (primary N) is 2. The van der Waals surface area contributed by atoms with Crippen molar-refractivity contribution in [3.8, 4) is 0 Å². The van der Waals surface area contributed by atoms with Gasteiger partial charge in [0.25, 0.3) is 5.56 Å². The summed E-state index contributed by atoms with van der Waals surface area (Å²) in [6.45, 7) is -1.04. The zero-order valence-electron chi connectivity index (χ0n) is 24.4. The molecule has 0 radical (unpaired) electrons. The summed E-state index contributed by atoms with van der Waals surface area (Å²) < 4.78 is 60.6. The van der Waals surface area contributed by atoms with Gasteiger partial charge in [-0.2, -0.15) is 4.98 Å². The quantitative estimate of drug-likeness (QED) is 0.110. The second-order valence-electron chi connectivity index (χ2n) is 11.4. The maximum absolute atomic E-state index is 13.4. The van der Waals surface area contributed by atoms with Gasteiger partial charge in [0, 0.05) is 13.0 Å². The van der Waals surface area contributed by atoms with E-state index in [4.69, 9.17) is 34.5 Å². The molecule has 1 aliphatic carbocycles. The molecule has 6 heterocycles. The number of aliphatic hydroxyl groups is 1. The predicted octanol–water partition coefficient (Wildman–Crippen LogP) is -0.284. The minimum Gasteiger partial charge on any atom is -0.387 e. The smallest absolute Gasteiger partial charge is 0.387 e. The number of hydrogen-bond acceptors (Lipinski definition) is 17. The summed E-state index contributed by atoms with van der Waals surface area (Å²) in [4.78, 5) is 55.8. The zero-order chi connectivity index (χ0) is 33.3. The zero-order valence-corrected chi connectivity index (χ0v) is 26.2. The Bertz CT molecular complexity index is 1990. The van der Waals surface area contributed by atoms with Crippen LogP contribution in [-0.4, -0.2) is 98.2 Å². The number of imidazole rings is 2. The highest BCUT2D eigenvalue weighted by molar-refractivity contribution is 7.47. The maximum atomic E-state index is 13.4. The van der Waals surface area contributed by atoms with Crippen molar-refractivity contribution in [2.24, 2.45) is 5.92 Å². The Hall–Kier alpha value is -3.40. The number of phosphoric acid groups is 2. The van der Waals surface area contributed by atoms with E-state index in [0.717, 1.165) is 24.4 Å². The summed E-state index contributed by atoms with van der Waals surface area (Å²) in [5, 5.41) is 11.1. The van der Waals surface area contributed by atoms with Crippen molar-refractivity contribution in [3.05, 3.63) is 29.3 Å². The maximum Gasteiger partial charge on any atom is 0.472 e. The molecule has 0 aromatic carbocycles. The van der Waals surface area contributed by atoms with E-state index < -0.39 is 64.2 Å². The third-order valence-electron chi connectivity index (χ3n) is 8.46. The number of aromatic amines is 1. The highest BCUT2D eigenvalue weighted by atomic mass is 31.2. The Kier molecular flexibility index (Phi) is 7.96. The van der Waals surface area contributed by atoms with Crippen LogP contribution in [0, 0.1) is 5.92 Å². The van der Waals surface area contributed by atoms with Crippen molar-refractivity contribution in [2.45, 2.75) is 55.6 Å². The Balaban J connectivity index is 1.10. The minimum atomic E-state index is -4.99. The van der Waals surface area contributed by atoms with E-state index in [2.05, 4.69) is 34.4 Å². The third-order valence-corrected chi connectivity index (χ3v) is 10.4. The average Bonchev–Trinajstić information content (AvgIpc) is 3.85. The van der Waals surface area contributed by atoms with Crippen LogP contribution in [0.3, 0.4) is 0 Å². The second-order valence-corrected chi connectivity index (χ2v) is 14.3. The molecule has 9 atom stereocenters. The van der Waals surface area contributed by atoms with Gasteiger partial charge in [-0.25, -0.2) is 29.1 Å². The highest BCUT2D eigenvalue weighted by Crippen LogP contribution is 2.56. The van der Waals surface area contributed by atoms with Crippen LogP contribution in [0.25, 0.3) is 22.3 Å². The molecule has 24 heteroatoms. The van der Waals surface area contributed by atoms with Crippen molar-refractivity contribution in [1.29, 1.82) is 0 Å². The van der Waals surface area contributed by atoms with Crippen LogP contribution >= 0.6 is 15.6 Å². The van der Waals surface area contributed by atoms with Crippen LogP contribution < -0.4 is 17.0 Å². The number of hydrogen-bond donors (Lipinski definition) is 6. The van der Waals surface area contributed by atoms with Crippen molar-refractivity contribution in [1.82, 2.24) is 39.0 Å². The topological polar surface area (TPSA) is 309 Å². The first-order chi connectivity index (χ1) is 22.3. The fraction of sp³-hybridized carbons (Fsp3) is 0.565. The number of ether oxygens (including phenoxy) is 2. The van der Waals surface area contributed by atoms with Crippen LogP contribution in [0.5, 0.6) is 0 Å². The lowest BCUT2D eigenvalue weighted by atomic mass is 10.0. The molecule has 2 aliphatic heterocycles. The van der Waals surface area contributed by atoms with Crippen LogP contribution in [0.15, 0.2) is 23.8 Å². The largest absolute Gasteiger partial charge is 0.472 e. The van der Waals surface area contributed by atoms with Gasteiger partial charge in [-0.1, -0.05) is 0 Å². The van der Waals surface area contributed by atoms with E-state index in [0.29, 0.717) is 24.0 Å². The van der Waals surface area contributed by atoms with Gasteiger partial charge in [0.2, 0.25) is 5.95 Å². The Morgan fingerprint density at radius 3 is 2.57 bits per heavy atom. The number of aromatic nitrogens is 8. The summed E-state index contributed by atoms with van der Waals surface area (Å²) in [6, 6.07) is 0. The Labute approximate surface area is 263 Å². The third kappa shape index (κ3) is 5.85. The first kappa shape index (κ1) is 32.2. The van der Waals surface area contributed by atoms with E-state index in [1.165, 1.54) is 6.33 Å². The molecule has 7 rings (SSSR count). The minimum absolute atomic E-state index is 0.0218. The molecule has 0 spiro atoms. The lowest BCUT2D eigenvalue weighted by molar-refractivity contribution is -0.124. The number of H-pyrrole nitrogens is 1. The molecule has 1 saturated carbocycles. The Morgan fingerprint density at radius 2 is 1.81 bits per heavy atom. The molecule has 3 aliphatic rings. The number of nitrogens with zero attached hydrogens (tertiary/aromatic N) is 7. The molecular formula is C23H30N10O12P2. The van der Waals surface area contributed by atoms with Gasteiger partial charge >= 0.3 is 15.6 Å². The molecule has 0 amide bonds. The van der Waals surface area contributed by atoms with Crippen molar-refractivity contribution >= 4 is 49.7 Å². The second kappa shape index (κ2) is 11.6. The molecule has 2 unspecified atom stereocenters. The number of rotatable bonds is 11. The molecule has 47 heavy (non-hydrogen) atoms. The van der Waals surface area contributed by atoms with Gasteiger partial charge in [-0.3, -0.25) is 37.0 Å². The molecule has 4 aromatic heterocycles. The van der Waals surface area contributed by atoms with E-state index >= 15 is 0 Å². The summed E-state index contributed by atoms with van der Waals surface area (Å²) in [7, 11) is -8.55. The monoisotopic (exact) mass is 700 g/mol. The number of phosphoric ester groups is 2. The Morgan fingerprint density at radius 1 is 1.06 bits per heavy atom. The summed E-state index contributed by atoms with van der Waals surface area (Å²) in [6.07, 6.45) is -1.01. The molecule has 22 nitrogen and oxygen atoms in total. The van der Waals surface area contributed by atoms with Crippen LogP contribution in [0.1, 0.15) is 31.7 Å². The van der Waals surface area contributed by atoms with E-state index in [9.17, 15) is 28.8 Å². The fourth-order valence-corrected chi connectivity index (χ4v) is 7.70. The molecule has 2 bridgehead atoms. The van der Waals surface area contributed by atoms with E-state index in [-0.39, 0.29) is 35.5 Å². The van der Waals surface area contributed by atoms with Crippen molar-refractivity contribution < 1.29 is 51.6 Å². The van der Waals surface area contributed by atoms with Gasteiger partial charge in [0.15, 0.2) is 28.9 Å². The number of aliphatic hydroxyl groups excluding tert-OH is 1. The van der Waals surface area contributed by atoms with Crippen LogP contribution in [-0.2, 0) is 36.7 Å². The predicted molar refractivity (Wildman–Crippen MR) is 156 cm³/mol. The van der Waals surface area contributed by atoms with Crippen molar-refractivity contribution in [2.75, 3.05) is 31.8 Å². The molecule has 4 aromatic rings. The SMILES string of the molecule is COP(=O)(O)OC[C@H]1O[C@@H](n2cnc3c(=O)[nH]c(N)nc32)[C@H](OP(=O)(O)OC[C@]23CC[C@H](C2)[C@H](n2cnc4c(N)ncnc42)O3)[C@@H]1O. The number of anilines is 2. The fourth-order valence-electron chi connectivity index (χ4n) is 6.26. The number of nitrogens with one attached hydrogen (secondary N) is 1. The molecular weight excluding hydrogens is 670 g/mol. The molecule has 254 valence electrons. The summed E-state index contributed by atoms with van der Waals surface area (Å²) >= 11 is 0. The molecule has 3 fully saturated rings. The van der Waals surface area contributed by atoms with E-state index in [1.54, 1.807) is 10.9 Å². The van der Waals surface area contributed by atoms with Crippen molar-refractivity contribution in [3.63, 3.8) is 0 Å². The normalized spacial score (nSPS) is 31.5. The van der Waals surface area contributed by atoms with E-state index in [1.807, 2.05) is 0 Å². The van der Waals surface area contributed by atoms with Gasteiger partial charge in [-0.15, -0.1) is 0 Å². The van der Waals surface area contributed by atoms with Gasteiger partial charge in [0.1, 0.15) is 36.4 Å². The van der Waals surface area contributed by atoms with Gasteiger partial charge in [0.05, 0.1) is 31.5 Å². The standard InChI is InChI=1S/C23H30N10O12P2/c1-40-46(36,37)41-5-11-14(34)15(21(43-11)33-9-29-13-18(33)30-22(25)31-19(13)35)45-47(38,39)42-6-23-3-2-10(4-23)20(44-23)32-8-28-12-16(24)26-7-27-17(12)32/h7-11,14-15,20-21,34H,2-6H2,1H3,(H,36,37)(H,38,39)(H2,24,26,27)(H3,25,30,31,35)/t10-,11-,14-,15-,20-,21-,23+/m1/s1. The van der Waals surface area contributed by atoms with Crippen LogP contribution in [0.2, 0.25) is 0 Å². The highest BCUT2D eigenvalue weighted by Gasteiger charge is 2.55. The van der Waals surface area contributed by atoms with Crippen LogP contribution in [0.4, 0.5) is 11.8 Å². The van der Waals surface area contributed by atoms with Gasteiger partial charge in [-0.05, 0) is 19.3 Å². The van der Waals surface area contributed by atoms with Gasteiger partial charge < -0.3 is 35.8 Å². The first-order valence-corrected chi connectivity index (χ1v) is 17.1. The summed E-state index contributed by atoms with van der Waals surface area (Å²) in [5.74, 6) is -0.0212. The average molecular weight is 700 g/mol. The number of fused-ring (bicyclic) bond motifs is 4. The lowest BCUT2D eigenvalue weighted by Crippen LogP contribution is -2.37. The first-order valence-electron chi connectivity index (χ1n) is 14.1. The number of nitrogen functional groups attached to an aromatic ring is 2. The molecule has 2 saturated heterocycles.